The first-order valence-electron chi connectivity index (χ1n) is 7.12. The van der Waals surface area contributed by atoms with Gasteiger partial charge in [-0.2, -0.15) is 18.3 Å². The molecule has 0 aromatic carbocycles. The second kappa shape index (κ2) is 5.70. The molecule has 2 heterocycles. The van der Waals surface area contributed by atoms with Crippen LogP contribution in [0.25, 0.3) is 0 Å². The Morgan fingerprint density at radius 2 is 2.00 bits per heavy atom. The number of carbonyl (C=O) groups excluding carboxylic acids is 1. The van der Waals surface area contributed by atoms with Gasteiger partial charge in [-0.15, -0.1) is 0 Å². The molecular formula is C13H15F3N4O5. The van der Waals surface area contributed by atoms with E-state index in [9.17, 15) is 32.9 Å². The van der Waals surface area contributed by atoms with Gasteiger partial charge in [-0.25, -0.2) is 0 Å². The fraction of sp³-hybridized carbons (Fsp3) is 0.615. The van der Waals surface area contributed by atoms with Crippen LogP contribution in [0.15, 0.2) is 12.4 Å². The maximum atomic E-state index is 13.2. The molecule has 9 nitrogen and oxygen atoms in total. The van der Waals surface area contributed by atoms with E-state index >= 15 is 0 Å². The molecule has 1 aliphatic rings. The van der Waals surface area contributed by atoms with E-state index in [0.29, 0.717) is 0 Å². The molecule has 1 fully saturated rings. The smallest absolute Gasteiger partial charge is 0.406 e. The minimum absolute atomic E-state index is 0.377. The van der Waals surface area contributed by atoms with Gasteiger partial charge in [0.2, 0.25) is 5.91 Å². The Balaban J connectivity index is 2.28. The van der Waals surface area contributed by atoms with Gasteiger partial charge in [-0.1, -0.05) is 0 Å². The largest absolute Gasteiger partial charge is 0.481 e. The second-order valence-electron chi connectivity index (χ2n) is 6.32. The number of aliphatic carboxylic acids is 1. The van der Waals surface area contributed by atoms with Crippen LogP contribution in [0.2, 0.25) is 0 Å². The summed E-state index contributed by atoms with van der Waals surface area (Å²) >= 11 is 0. The van der Waals surface area contributed by atoms with Crippen LogP contribution in [0.4, 0.5) is 18.9 Å². The number of carbonyl (C=O) groups is 2. The average Bonchev–Trinajstić information content (AvgIpc) is 3.13. The molecule has 2 rings (SSSR count). The third kappa shape index (κ3) is 2.91. The van der Waals surface area contributed by atoms with E-state index in [1.807, 2.05) is 0 Å². The number of halogens is 3. The zero-order valence-electron chi connectivity index (χ0n) is 13.3. The molecule has 0 saturated carbocycles. The molecule has 0 aliphatic carbocycles. The first-order valence-corrected chi connectivity index (χ1v) is 7.12. The molecule has 12 heteroatoms. The van der Waals surface area contributed by atoms with Gasteiger partial charge < -0.3 is 10.0 Å². The molecule has 1 atom stereocenters. The quantitative estimate of drug-likeness (QED) is 0.637. The average molecular weight is 364 g/mol. The number of aromatic nitrogens is 2. The summed E-state index contributed by atoms with van der Waals surface area (Å²) in [5.74, 6) is -2.85. The number of hydrogen-bond donors (Lipinski definition) is 1. The summed E-state index contributed by atoms with van der Waals surface area (Å²) in [4.78, 5) is 34.6. The molecule has 1 aromatic heterocycles. The lowest BCUT2D eigenvalue weighted by molar-refractivity contribution is -0.385. The van der Waals surface area contributed by atoms with Crippen molar-refractivity contribution in [3.8, 4) is 0 Å². The summed E-state index contributed by atoms with van der Waals surface area (Å²) in [5.41, 5.74) is -4.92. The minimum Gasteiger partial charge on any atom is -0.481 e. The predicted octanol–water partition coefficient (Wildman–Crippen LogP) is 1.39. The summed E-state index contributed by atoms with van der Waals surface area (Å²) in [5, 5.41) is 23.4. The van der Waals surface area contributed by atoms with Gasteiger partial charge in [0, 0.05) is 13.1 Å². The van der Waals surface area contributed by atoms with Crippen LogP contribution in [0.3, 0.4) is 0 Å². The SMILES string of the molecule is CC(C)(C(=O)N1CCC(C(=O)O)(C(F)(F)F)C1)n1cc([N+](=O)[O-])cn1. The van der Waals surface area contributed by atoms with Crippen LogP contribution in [0.1, 0.15) is 20.3 Å². The number of rotatable bonds is 4. The molecule has 1 amide bonds. The van der Waals surface area contributed by atoms with Crippen LogP contribution in [0, 0.1) is 15.5 Å². The second-order valence-corrected chi connectivity index (χ2v) is 6.32. The summed E-state index contributed by atoms with van der Waals surface area (Å²) in [6.07, 6.45) is -3.87. The first-order chi connectivity index (χ1) is 11.3. The van der Waals surface area contributed by atoms with E-state index in [-0.39, 0.29) is 5.69 Å². The number of hydrogen-bond acceptors (Lipinski definition) is 5. The highest BCUT2D eigenvalue weighted by atomic mass is 19.4. The van der Waals surface area contributed by atoms with E-state index in [2.05, 4.69) is 5.10 Å². The Bertz CT molecular complexity index is 729. The summed E-state index contributed by atoms with van der Waals surface area (Å²) in [7, 11) is 0. The fourth-order valence-electron chi connectivity index (χ4n) is 2.71. The standard InChI is InChI=1S/C13H15F3N4O5/c1-11(2,19-6-8(5-17-19)20(24)25)9(21)18-4-3-12(7-18,10(22)23)13(14,15)16/h5-6H,3-4,7H2,1-2H3,(H,22,23). The number of nitrogens with zero attached hydrogens (tertiary/aromatic N) is 4. The lowest BCUT2D eigenvalue weighted by atomic mass is 9.86. The summed E-state index contributed by atoms with van der Waals surface area (Å²) in [6.45, 7) is 1.26. The Morgan fingerprint density at radius 3 is 2.40 bits per heavy atom. The maximum Gasteiger partial charge on any atom is 0.406 e. The number of nitro groups is 1. The fourth-order valence-corrected chi connectivity index (χ4v) is 2.71. The third-order valence-corrected chi connectivity index (χ3v) is 4.38. The van der Waals surface area contributed by atoms with Crippen molar-refractivity contribution in [3.05, 3.63) is 22.5 Å². The highest BCUT2D eigenvalue weighted by Gasteiger charge is 2.64. The Kier molecular flexibility index (Phi) is 4.26. The molecule has 1 aliphatic heterocycles. The molecule has 0 bridgehead atoms. The van der Waals surface area contributed by atoms with Crippen molar-refractivity contribution < 1.29 is 32.8 Å². The van der Waals surface area contributed by atoms with Crippen molar-refractivity contribution >= 4 is 17.6 Å². The lowest BCUT2D eigenvalue weighted by Crippen LogP contribution is -2.51. The van der Waals surface area contributed by atoms with Crippen molar-refractivity contribution in [1.82, 2.24) is 14.7 Å². The van der Waals surface area contributed by atoms with Gasteiger partial charge in [0.15, 0.2) is 5.41 Å². The van der Waals surface area contributed by atoms with Crippen LogP contribution in [-0.4, -0.2) is 55.9 Å². The Hall–Kier alpha value is -2.66. The van der Waals surface area contributed by atoms with Crippen molar-refractivity contribution in [2.45, 2.75) is 32.0 Å². The van der Waals surface area contributed by atoms with Crippen LogP contribution >= 0.6 is 0 Å². The van der Waals surface area contributed by atoms with Gasteiger partial charge in [0.05, 0.1) is 4.92 Å². The van der Waals surface area contributed by atoms with E-state index in [0.717, 1.165) is 22.0 Å². The van der Waals surface area contributed by atoms with Crippen molar-refractivity contribution in [2.75, 3.05) is 13.1 Å². The van der Waals surface area contributed by atoms with E-state index < -0.39 is 53.4 Å². The van der Waals surface area contributed by atoms with E-state index in [1.54, 1.807) is 0 Å². The Morgan fingerprint density at radius 1 is 1.40 bits per heavy atom. The van der Waals surface area contributed by atoms with Gasteiger partial charge in [-0.3, -0.25) is 24.4 Å². The zero-order valence-corrected chi connectivity index (χ0v) is 13.3. The Labute approximate surface area is 139 Å². The van der Waals surface area contributed by atoms with Crippen LogP contribution < -0.4 is 0 Å². The summed E-state index contributed by atoms with van der Waals surface area (Å²) < 4.78 is 40.6. The van der Waals surface area contributed by atoms with Crippen molar-refractivity contribution in [2.24, 2.45) is 5.41 Å². The molecule has 138 valence electrons. The molecule has 1 N–H and O–H groups in total. The van der Waals surface area contributed by atoms with Gasteiger partial charge in [0.1, 0.15) is 17.9 Å². The molecule has 0 spiro atoms. The highest BCUT2D eigenvalue weighted by Crippen LogP contribution is 2.46. The van der Waals surface area contributed by atoms with E-state index in [1.165, 1.54) is 13.8 Å². The number of carboxylic acids is 1. The van der Waals surface area contributed by atoms with Crippen LogP contribution in [0.5, 0.6) is 0 Å². The van der Waals surface area contributed by atoms with E-state index in [4.69, 9.17) is 5.11 Å². The highest BCUT2D eigenvalue weighted by molar-refractivity contribution is 5.86. The van der Waals surface area contributed by atoms with Gasteiger partial charge >= 0.3 is 17.8 Å². The normalized spacial score (nSPS) is 21.4. The monoisotopic (exact) mass is 364 g/mol. The summed E-state index contributed by atoms with van der Waals surface area (Å²) in [6, 6.07) is 0. The minimum atomic E-state index is -5.01. The lowest BCUT2D eigenvalue weighted by Gasteiger charge is -2.31. The van der Waals surface area contributed by atoms with Crippen molar-refractivity contribution in [1.29, 1.82) is 0 Å². The van der Waals surface area contributed by atoms with Crippen molar-refractivity contribution in [3.63, 3.8) is 0 Å². The molecule has 0 radical (unpaired) electrons. The molecular weight excluding hydrogens is 349 g/mol. The third-order valence-electron chi connectivity index (χ3n) is 4.38. The molecule has 1 saturated heterocycles. The predicted molar refractivity (Wildman–Crippen MR) is 75.5 cm³/mol. The molecule has 1 aromatic rings. The maximum absolute atomic E-state index is 13.2. The first kappa shape index (κ1) is 18.7. The molecule has 1 unspecified atom stereocenters. The van der Waals surface area contributed by atoms with Gasteiger partial charge in [-0.05, 0) is 20.3 Å². The number of likely N-dealkylation sites (tertiary alicyclic amines) is 1. The number of alkyl halides is 3. The molecule has 25 heavy (non-hydrogen) atoms. The number of amides is 1. The number of carboxylic acid groups (broad SMARTS) is 1. The zero-order chi connectivity index (χ0) is 19.2. The van der Waals surface area contributed by atoms with Crippen LogP contribution in [-0.2, 0) is 15.1 Å². The van der Waals surface area contributed by atoms with Gasteiger partial charge in [0.25, 0.3) is 0 Å². The topological polar surface area (TPSA) is 119 Å².